The Bertz CT molecular complexity index is 694. The molecule has 1 aliphatic carbocycles. The van der Waals surface area contributed by atoms with Crippen LogP contribution in [0.2, 0.25) is 0 Å². The van der Waals surface area contributed by atoms with Gasteiger partial charge in [0.05, 0.1) is 11.8 Å². The van der Waals surface area contributed by atoms with E-state index >= 15 is 0 Å². The minimum atomic E-state index is -0.808. The fourth-order valence-electron chi connectivity index (χ4n) is 3.40. The lowest BCUT2D eigenvalue weighted by Gasteiger charge is -2.33. The van der Waals surface area contributed by atoms with Crippen molar-refractivity contribution in [2.75, 3.05) is 11.4 Å². The Kier molecular flexibility index (Phi) is 4.30. The van der Waals surface area contributed by atoms with E-state index in [4.69, 9.17) is 5.11 Å². The number of nitrogens with one attached hydrogen (secondary N) is 1. The summed E-state index contributed by atoms with van der Waals surface area (Å²) in [6.45, 7) is 4.36. The average molecular weight is 330 g/mol. The number of carbonyl (C=O) groups is 3. The van der Waals surface area contributed by atoms with Crippen LogP contribution >= 0.6 is 0 Å². The maximum absolute atomic E-state index is 12.4. The largest absolute Gasteiger partial charge is 0.481 e. The first-order valence-electron chi connectivity index (χ1n) is 8.26. The number of amides is 2. The van der Waals surface area contributed by atoms with Crippen LogP contribution in [-0.2, 0) is 14.4 Å². The normalized spacial score (nSPS) is 26.2. The van der Waals surface area contributed by atoms with Gasteiger partial charge in [-0.15, -0.1) is 0 Å². The second-order valence-corrected chi connectivity index (χ2v) is 6.84. The van der Waals surface area contributed by atoms with Gasteiger partial charge in [0.1, 0.15) is 0 Å². The zero-order valence-corrected chi connectivity index (χ0v) is 13.9. The van der Waals surface area contributed by atoms with Crippen molar-refractivity contribution in [3.63, 3.8) is 0 Å². The molecule has 128 valence electrons. The minimum Gasteiger partial charge on any atom is -0.481 e. The molecule has 2 aliphatic rings. The van der Waals surface area contributed by atoms with E-state index < -0.39 is 5.97 Å². The zero-order valence-electron chi connectivity index (χ0n) is 13.9. The van der Waals surface area contributed by atoms with Crippen LogP contribution in [0.15, 0.2) is 18.2 Å². The van der Waals surface area contributed by atoms with E-state index in [1.165, 1.54) is 0 Å². The Balaban J connectivity index is 1.61. The first-order valence-corrected chi connectivity index (χ1v) is 8.26. The molecule has 6 heteroatoms. The van der Waals surface area contributed by atoms with Crippen LogP contribution < -0.4 is 10.2 Å². The van der Waals surface area contributed by atoms with E-state index in [9.17, 15) is 14.4 Å². The molecule has 1 atom stereocenters. The molecule has 6 nitrogen and oxygen atoms in total. The van der Waals surface area contributed by atoms with Crippen LogP contribution in [0.4, 0.5) is 5.69 Å². The van der Waals surface area contributed by atoms with Crippen LogP contribution in [0, 0.1) is 25.7 Å². The number of carboxylic acid groups (broad SMARTS) is 1. The van der Waals surface area contributed by atoms with E-state index in [1.807, 2.05) is 32.0 Å². The molecule has 0 aromatic heterocycles. The molecule has 2 fully saturated rings. The summed E-state index contributed by atoms with van der Waals surface area (Å²) in [5.41, 5.74) is 3.03. The Morgan fingerprint density at radius 1 is 1.21 bits per heavy atom. The van der Waals surface area contributed by atoms with Gasteiger partial charge in [0.2, 0.25) is 11.8 Å². The molecule has 2 amide bonds. The first kappa shape index (κ1) is 16.5. The second-order valence-electron chi connectivity index (χ2n) is 6.84. The monoisotopic (exact) mass is 330 g/mol. The molecular weight excluding hydrogens is 308 g/mol. The van der Waals surface area contributed by atoms with Gasteiger partial charge in [-0.1, -0.05) is 12.1 Å². The van der Waals surface area contributed by atoms with Crippen LogP contribution in [0.3, 0.4) is 0 Å². The first-order chi connectivity index (χ1) is 11.4. The summed E-state index contributed by atoms with van der Waals surface area (Å²) >= 11 is 0. The molecule has 1 saturated carbocycles. The highest BCUT2D eigenvalue weighted by Gasteiger charge is 2.39. The molecule has 1 saturated heterocycles. The van der Waals surface area contributed by atoms with Gasteiger partial charge in [-0.2, -0.15) is 0 Å². The number of anilines is 1. The number of benzene rings is 1. The summed E-state index contributed by atoms with van der Waals surface area (Å²) < 4.78 is 0. The molecule has 0 bridgehead atoms. The number of aryl methyl sites for hydroxylation is 1. The van der Waals surface area contributed by atoms with E-state index in [-0.39, 0.29) is 36.1 Å². The fourth-order valence-corrected chi connectivity index (χ4v) is 3.40. The van der Waals surface area contributed by atoms with Gasteiger partial charge in [-0.05, 0) is 43.9 Å². The van der Waals surface area contributed by atoms with Crippen LogP contribution in [0.25, 0.3) is 0 Å². The number of rotatable bonds is 4. The van der Waals surface area contributed by atoms with Crippen LogP contribution in [0.1, 0.15) is 30.4 Å². The van der Waals surface area contributed by atoms with E-state index in [1.54, 1.807) is 4.90 Å². The third-order valence-corrected chi connectivity index (χ3v) is 5.20. The summed E-state index contributed by atoms with van der Waals surface area (Å²) in [6.07, 6.45) is 1.15. The molecule has 1 aromatic rings. The number of aliphatic carboxylic acids is 1. The molecule has 1 unspecified atom stereocenters. The molecule has 24 heavy (non-hydrogen) atoms. The topological polar surface area (TPSA) is 86.7 Å². The predicted octanol–water partition coefficient (Wildman–Crippen LogP) is 1.64. The van der Waals surface area contributed by atoms with Crippen molar-refractivity contribution in [2.45, 2.75) is 39.2 Å². The Hall–Kier alpha value is -2.37. The number of hydrogen-bond donors (Lipinski definition) is 2. The SMILES string of the molecule is Cc1cccc(N2CC(C(=O)NC3CC(C(=O)O)C3)CC2=O)c1C. The Morgan fingerprint density at radius 3 is 2.58 bits per heavy atom. The number of hydrogen-bond acceptors (Lipinski definition) is 3. The average Bonchev–Trinajstić information content (AvgIpc) is 2.86. The van der Waals surface area contributed by atoms with Crippen molar-refractivity contribution >= 4 is 23.5 Å². The van der Waals surface area contributed by atoms with Gasteiger partial charge in [-0.25, -0.2) is 0 Å². The molecule has 0 spiro atoms. The summed E-state index contributed by atoms with van der Waals surface area (Å²) in [4.78, 5) is 37.2. The lowest BCUT2D eigenvalue weighted by Crippen LogP contribution is -2.48. The molecule has 1 aliphatic heterocycles. The number of carboxylic acids is 1. The summed E-state index contributed by atoms with van der Waals surface area (Å²) in [6, 6.07) is 5.74. The van der Waals surface area contributed by atoms with Crippen molar-refractivity contribution < 1.29 is 19.5 Å². The van der Waals surface area contributed by atoms with Crippen molar-refractivity contribution in [1.29, 1.82) is 0 Å². The summed E-state index contributed by atoms with van der Waals surface area (Å²) in [5, 5.41) is 11.8. The van der Waals surface area contributed by atoms with Crippen LogP contribution in [-0.4, -0.2) is 35.5 Å². The fraction of sp³-hybridized carbons (Fsp3) is 0.500. The number of nitrogens with zero attached hydrogens (tertiary/aromatic N) is 1. The Labute approximate surface area is 140 Å². The van der Waals surface area contributed by atoms with Gasteiger partial charge < -0.3 is 15.3 Å². The molecule has 2 N–H and O–H groups in total. The second kappa shape index (κ2) is 6.26. The molecule has 1 heterocycles. The predicted molar refractivity (Wildman–Crippen MR) is 88.7 cm³/mol. The highest BCUT2D eigenvalue weighted by molar-refractivity contribution is 6.01. The third kappa shape index (κ3) is 3.00. The highest BCUT2D eigenvalue weighted by atomic mass is 16.4. The molecule has 0 radical (unpaired) electrons. The quantitative estimate of drug-likeness (QED) is 0.878. The van der Waals surface area contributed by atoms with Gasteiger partial charge in [0.15, 0.2) is 0 Å². The van der Waals surface area contributed by atoms with Crippen molar-refractivity contribution in [2.24, 2.45) is 11.8 Å². The third-order valence-electron chi connectivity index (χ3n) is 5.20. The maximum Gasteiger partial charge on any atom is 0.306 e. The molecule has 3 rings (SSSR count). The van der Waals surface area contributed by atoms with Crippen LogP contribution in [0.5, 0.6) is 0 Å². The molecule has 1 aromatic carbocycles. The van der Waals surface area contributed by atoms with E-state index in [0.29, 0.717) is 19.4 Å². The van der Waals surface area contributed by atoms with Crippen molar-refractivity contribution in [1.82, 2.24) is 5.32 Å². The molecular formula is C18H22N2O4. The van der Waals surface area contributed by atoms with Gasteiger partial charge in [-0.3, -0.25) is 14.4 Å². The van der Waals surface area contributed by atoms with Crippen molar-refractivity contribution in [3.8, 4) is 0 Å². The maximum atomic E-state index is 12.4. The van der Waals surface area contributed by atoms with Gasteiger partial charge in [0.25, 0.3) is 0 Å². The number of carbonyl (C=O) groups excluding carboxylic acids is 2. The minimum absolute atomic E-state index is 0.0409. The smallest absolute Gasteiger partial charge is 0.306 e. The highest BCUT2D eigenvalue weighted by Crippen LogP contribution is 2.31. The van der Waals surface area contributed by atoms with E-state index in [0.717, 1.165) is 16.8 Å². The van der Waals surface area contributed by atoms with E-state index in [2.05, 4.69) is 5.32 Å². The van der Waals surface area contributed by atoms with Gasteiger partial charge in [0, 0.05) is 24.7 Å². The van der Waals surface area contributed by atoms with Crippen molar-refractivity contribution in [3.05, 3.63) is 29.3 Å². The Morgan fingerprint density at radius 2 is 1.92 bits per heavy atom. The standard InChI is InChI=1S/C18H22N2O4/c1-10-4-3-5-15(11(10)2)20-9-13(8-16(20)21)17(22)19-14-6-12(7-14)18(23)24/h3-5,12-14H,6-9H2,1-2H3,(H,19,22)(H,23,24). The lowest BCUT2D eigenvalue weighted by atomic mass is 9.80. The van der Waals surface area contributed by atoms with Gasteiger partial charge >= 0.3 is 5.97 Å². The zero-order chi connectivity index (χ0) is 17.4. The summed E-state index contributed by atoms with van der Waals surface area (Å²) in [7, 11) is 0. The summed E-state index contributed by atoms with van der Waals surface area (Å²) in [5.74, 6) is -1.73. The lowest BCUT2D eigenvalue weighted by molar-refractivity contribution is -0.146.